The summed E-state index contributed by atoms with van der Waals surface area (Å²) >= 11 is 0. The number of carbonyl (C=O) groups is 2. The first-order valence-electron chi connectivity index (χ1n) is 10.6. The molecule has 1 unspecified atom stereocenters. The molecule has 0 saturated heterocycles. The summed E-state index contributed by atoms with van der Waals surface area (Å²) in [6, 6.07) is 23.9. The van der Waals surface area contributed by atoms with Gasteiger partial charge in [0, 0.05) is 24.7 Å². The summed E-state index contributed by atoms with van der Waals surface area (Å²) in [7, 11) is 1.98. The minimum atomic E-state index is -0.701. The van der Waals surface area contributed by atoms with Crippen molar-refractivity contribution in [1.82, 2.24) is 9.55 Å². The number of nitrogens with one attached hydrogen (secondary N) is 1. The van der Waals surface area contributed by atoms with Gasteiger partial charge in [-0.2, -0.15) is 5.10 Å². The zero-order valence-corrected chi connectivity index (χ0v) is 18.0. The number of imidazole rings is 1. The van der Waals surface area contributed by atoms with Gasteiger partial charge in [0.1, 0.15) is 17.6 Å². The molecule has 1 aliphatic rings. The van der Waals surface area contributed by atoms with E-state index in [1.165, 1.54) is 5.01 Å². The van der Waals surface area contributed by atoms with Crippen LogP contribution in [0.5, 0.6) is 0 Å². The molecule has 1 aliphatic heterocycles. The van der Waals surface area contributed by atoms with Gasteiger partial charge in [-0.1, -0.05) is 30.3 Å². The fraction of sp³-hybridized carbons (Fsp3) is 0.120. The fourth-order valence-corrected chi connectivity index (χ4v) is 4.00. The highest BCUT2D eigenvalue weighted by Gasteiger charge is 2.34. The lowest BCUT2D eigenvalue weighted by molar-refractivity contribution is -0.119. The van der Waals surface area contributed by atoms with Crippen molar-refractivity contribution in [2.45, 2.75) is 12.5 Å². The number of rotatable bonds is 5. The smallest absolute Gasteiger partial charge is 0.271 e. The normalized spacial score (nSPS) is 15.5. The van der Waals surface area contributed by atoms with Crippen molar-refractivity contribution in [2.24, 2.45) is 17.9 Å². The zero-order valence-electron chi connectivity index (χ0n) is 18.0. The third-order valence-electron chi connectivity index (χ3n) is 5.71. The van der Waals surface area contributed by atoms with Crippen LogP contribution in [0.25, 0.3) is 22.4 Å². The Kier molecular flexibility index (Phi) is 5.10. The summed E-state index contributed by atoms with van der Waals surface area (Å²) in [6.07, 6.45) is 0.147. The molecular weight excluding hydrogens is 416 g/mol. The average molecular weight is 438 g/mol. The molecule has 33 heavy (non-hydrogen) atoms. The number of aryl methyl sites for hydroxylation is 1. The molecule has 164 valence electrons. The Balaban J connectivity index is 1.34. The number of aromatic nitrogens is 2. The van der Waals surface area contributed by atoms with Crippen molar-refractivity contribution < 1.29 is 9.59 Å². The lowest BCUT2D eigenvalue weighted by Crippen LogP contribution is -2.39. The van der Waals surface area contributed by atoms with E-state index in [1.807, 2.05) is 90.5 Å². The largest absolute Gasteiger partial charge is 0.368 e. The highest BCUT2D eigenvalue weighted by atomic mass is 16.2. The Morgan fingerprint density at radius 1 is 0.970 bits per heavy atom. The standard InChI is InChI=1S/C25H22N6O2/c1-30-21-10-6-5-9-19(21)28-24(30)16-11-13-17(14-12-16)27-25(33)20-15-22(23(26)32)31(29-20)18-7-3-2-4-8-18/h2-14,22H,15H2,1H3,(H2,26,32)(H,27,33). The van der Waals surface area contributed by atoms with Gasteiger partial charge < -0.3 is 15.6 Å². The second kappa shape index (κ2) is 8.23. The van der Waals surface area contributed by atoms with Gasteiger partial charge >= 0.3 is 0 Å². The number of carbonyl (C=O) groups excluding carboxylic acids is 2. The van der Waals surface area contributed by atoms with Crippen LogP contribution in [-0.2, 0) is 16.6 Å². The third-order valence-corrected chi connectivity index (χ3v) is 5.71. The molecule has 2 amide bonds. The first-order valence-corrected chi connectivity index (χ1v) is 10.6. The summed E-state index contributed by atoms with van der Waals surface area (Å²) in [5.74, 6) is -0.0515. The van der Waals surface area contributed by atoms with Crippen LogP contribution in [-0.4, -0.2) is 33.1 Å². The van der Waals surface area contributed by atoms with Crippen molar-refractivity contribution in [3.63, 3.8) is 0 Å². The molecule has 1 atom stereocenters. The van der Waals surface area contributed by atoms with Gasteiger partial charge in [0.2, 0.25) is 5.91 Å². The van der Waals surface area contributed by atoms with E-state index in [-0.39, 0.29) is 18.0 Å². The van der Waals surface area contributed by atoms with Crippen LogP contribution >= 0.6 is 0 Å². The predicted octanol–water partition coefficient (Wildman–Crippen LogP) is 3.30. The van der Waals surface area contributed by atoms with Crippen LogP contribution < -0.4 is 16.1 Å². The van der Waals surface area contributed by atoms with E-state index in [2.05, 4.69) is 10.4 Å². The number of anilines is 2. The maximum Gasteiger partial charge on any atom is 0.271 e. The first kappa shape index (κ1) is 20.4. The number of benzene rings is 3. The quantitative estimate of drug-likeness (QED) is 0.499. The zero-order chi connectivity index (χ0) is 22.9. The molecule has 5 rings (SSSR count). The van der Waals surface area contributed by atoms with E-state index in [0.717, 1.165) is 22.4 Å². The molecule has 0 saturated carbocycles. The van der Waals surface area contributed by atoms with Crippen LogP contribution in [0.3, 0.4) is 0 Å². The van der Waals surface area contributed by atoms with Crippen LogP contribution in [0.1, 0.15) is 6.42 Å². The summed E-state index contributed by atoms with van der Waals surface area (Å²) in [4.78, 5) is 29.5. The van der Waals surface area contributed by atoms with Gasteiger partial charge in [-0.25, -0.2) is 4.98 Å². The number of nitrogens with two attached hydrogens (primary N) is 1. The lowest BCUT2D eigenvalue weighted by atomic mass is 10.1. The molecule has 8 heteroatoms. The summed E-state index contributed by atoms with van der Waals surface area (Å²) in [5, 5.41) is 8.75. The Bertz CT molecular complexity index is 1380. The number of amides is 2. The molecule has 0 bridgehead atoms. The summed E-state index contributed by atoms with van der Waals surface area (Å²) in [5.41, 5.74) is 10.1. The number of para-hydroxylation sites is 3. The van der Waals surface area contributed by atoms with Crippen molar-refractivity contribution in [3.05, 3.63) is 78.9 Å². The van der Waals surface area contributed by atoms with Crippen LogP contribution in [0, 0.1) is 0 Å². The fourth-order valence-electron chi connectivity index (χ4n) is 4.00. The van der Waals surface area contributed by atoms with Crippen LogP contribution in [0.4, 0.5) is 11.4 Å². The predicted molar refractivity (Wildman–Crippen MR) is 129 cm³/mol. The number of hydrogen-bond acceptors (Lipinski definition) is 5. The number of fused-ring (bicyclic) bond motifs is 1. The second-order valence-corrected chi connectivity index (χ2v) is 7.86. The van der Waals surface area contributed by atoms with Crippen molar-refractivity contribution in [3.8, 4) is 11.4 Å². The molecule has 4 aromatic rings. The van der Waals surface area contributed by atoms with Gasteiger partial charge in [-0.3, -0.25) is 14.6 Å². The van der Waals surface area contributed by atoms with Gasteiger partial charge in [0.25, 0.3) is 5.91 Å². The summed E-state index contributed by atoms with van der Waals surface area (Å²) < 4.78 is 2.04. The lowest BCUT2D eigenvalue weighted by Gasteiger charge is -2.20. The highest BCUT2D eigenvalue weighted by molar-refractivity contribution is 6.44. The summed E-state index contributed by atoms with van der Waals surface area (Å²) in [6.45, 7) is 0. The van der Waals surface area contributed by atoms with E-state index in [1.54, 1.807) is 0 Å². The molecule has 8 nitrogen and oxygen atoms in total. The minimum absolute atomic E-state index is 0.147. The van der Waals surface area contributed by atoms with E-state index >= 15 is 0 Å². The molecular formula is C25H22N6O2. The molecule has 0 radical (unpaired) electrons. The number of hydrogen-bond donors (Lipinski definition) is 2. The van der Waals surface area contributed by atoms with E-state index < -0.39 is 11.9 Å². The van der Waals surface area contributed by atoms with Crippen LogP contribution in [0.2, 0.25) is 0 Å². The molecule has 3 N–H and O–H groups in total. The second-order valence-electron chi connectivity index (χ2n) is 7.86. The van der Waals surface area contributed by atoms with E-state index in [0.29, 0.717) is 11.4 Å². The monoisotopic (exact) mass is 438 g/mol. The molecule has 0 fully saturated rings. The number of nitrogens with zero attached hydrogens (tertiary/aromatic N) is 4. The number of hydrazone groups is 1. The van der Waals surface area contributed by atoms with E-state index in [4.69, 9.17) is 10.7 Å². The Hall–Kier alpha value is -4.46. The Morgan fingerprint density at radius 2 is 1.67 bits per heavy atom. The van der Waals surface area contributed by atoms with Gasteiger partial charge in [0.15, 0.2) is 0 Å². The number of primary amides is 1. The van der Waals surface area contributed by atoms with Crippen molar-refractivity contribution in [1.29, 1.82) is 0 Å². The topological polar surface area (TPSA) is 106 Å². The Morgan fingerprint density at radius 3 is 2.36 bits per heavy atom. The first-order chi connectivity index (χ1) is 16.0. The molecule has 1 aromatic heterocycles. The van der Waals surface area contributed by atoms with Crippen molar-refractivity contribution in [2.75, 3.05) is 10.3 Å². The van der Waals surface area contributed by atoms with Crippen LogP contribution in [0.15, 0.2) is 84.0 Å². The maximum absolute atomic E-state index is 12.8. The van der Waals surface area contributed by atoms with Crippen molar-refractivity contribution >= 4 is 39.9 Å². The molecule has 0 spiro atoms. The highest BCUT2D eigenvalue weighted by Crippen LogP contribution is 2.26. The van der Waals surface area contributed by atoms with Gasteiger partial charge in [0.05, 0.1) is 16.7 Å². The molecule has 2 heterocycles. The SMILES string of the molecule is Cn1c(-c2ccc(NC(=O)C3=NN(c4ccccc4)C(C(N)=O)C3)cc2)nc2ccccc21. The molecule has 0 aliphatic carbocycles. The average Bonchev–Trinajstić information content (AvgIpc) is 3.43. The Labute approximate surface area is 190 Å². The third kappa shape index (κ3) is 3.82. The minimum Gasteiger partial charge on any atom is -0.368 e. The maximum atomic E-state index is 12.8. The molecule has 3 aromatic carbocycles. The van der Waals surface area contributed by atoms with Gasteiger partial charge in [-0.15, -0.1) is 0 Å². The van der Waals surface area contributed by atoms with Gasteiger partial charge in [-0.05, 0) is 48.5 Å². The van der Waals surface area contributed by atoms with E-state index in [9.17, 15) is 9.59 Å².